The Morgan fingerprint density at radius 2 is 1.96 bits per heavy atom. The van der Waals surface area contributed by atoms with Crippen LogP contribution in [0.4, 0.5) is 0 Å². The molecule has 0 heterocycles. The van der Waals surface area contributed by atoms with E-state index in [1.807, 2.05) is 42.5 Å². The topological polar surface area (TPSA) is 61.7 Å². The lowest BCUT2D eigenvalue weighted by molar-refractivity contribution is 0.103. The van der Waals surface area contributed by atoms with E-state index in [1.54, 1.807) is 6.07 Å². The maximum absolute atomic E-state index is 10.1. The summed E-state index contributed by atoms with van der Waals surface area (Å²) >= 11 is 0. The van der Waals surface area contributed by atoms with Gasteiger partial charge in [0, 0.05) is 12.6 Å². The Morgan fingerprint density at radius 1 is 1.12 bits per heavy atom. The number of hydrogen-bond donors (Lipinski definition) is 3. The molecule has 0 bridgehead atoms. The Morgan fingerprint density at radius 3 is 2.79 bits per heavy atom. The lowest BCUT2D eigenvalue weighted by Crippen LogP contribution is -2.39. The molecule has 1 aliphatic rings. The first-order chi connectivity index (χ1) is 11.7. The molecule has 1 unspecified atom stereocenters. The fourth-order valence-electron chi connectivity index (χ4n) is 3.20. The molecule has 0 spiro atoms. The molecule has 4 heteroatoms. The minimum Gasteiger partial charge on any atom is -0.508 e. The number of para-hydroxylation sites is 1. The lowest BCUT2D eigenvalue weighted by Gasteiger charge is -2.20. The average molecular weight is 327 g/mol. The summed E-state index contributed by atoms with van der Waals surface area (Å²) in [6.07, 6.45) is 3.56. The van der Waals surface area contributed by atoms with Crippen LogP contribution in [0, 0.1) is 0 Å². The Balaban J connectivity index is 1.46. The number of phenolic OH excluding ortho intramolecular Hbond substituents is 1. The predicted octanol–water partition coefficient (Wildman–Crippen LogP) is 2.67. The monoisotopic (exact) mass is 327 g/mol. The van der Waals surface area contributed by atoms with Crippen LogP contribution in [0.1, 0.15) is 24.0 Å². The number of fused-ring (bicyclic) bond motifs is 1. The zero-order valence-electron chi connectivity index (χ0n) is 13.8. The first kappa shape index (κ1) is 16.8. The molecule has 0 fully saturated rings. The van der Waals surface area contributed by atoms with E-state index in [-0.39, 0.29) is 6.61 Å². The molecule has 2 atom stereocenters. The Hall–Kier alpha value is -2.04. The van der Waals surface area contributed by atoms with E-state index in [2.05, 4.69) is 5.32 Å². The van der Waals surface area contributed by atoms with Gasteiger partial charge in [0.25, 0.3) is 0 Å². The maximum Gasteiger partial charge on any atom is 0.119 e. The summed E-state index contributed by atoms with van der Waals surface area (Å²) in [5, 5.41) is 23.2. The Bertz CT molecular complexity index is 645. The number of hydrogen-bond acceptors (Lipinski definition) is 4. The van der Waals surface area contributed by atoms with Gasteiger partial charge < -0.3 is 20.3 Å². The van der Waals surface area contributed by atoms with Crippen LogP contribution < -0.4 is 10.1 Å². The zero-order valence-corrected chi connectivity index (χ0v) is 13.8. The van der Waals surface area contributed by atoms with Crippen molar-refractivity contribution in [2.75, 3.05) is 13.2 Å². The average Bonchev–Trinajstić information content (AvgIpc) is 2.80. The van der Waals surface area contributed by atoms with Crippen LogP contribution in [-0.4, -0.2) is 35.5 Å². The van der Waals surface area contributed by atoms with Crippen molar-refractivity contribution in [2.45, 2.75) is 37.8 Å². The molecule has 3 N–H and O–H groups in total. The van der Waals surface area contributed by atoms with Gasteiger partial charge in [-0.2, -0.15) is 0 Å². The minimum absolute atomic E-state index is 0.286. The SMILES string of the molecule is Oc1ccc2c(c1)CCCC(NC[C@H](O)COc1ccccc1)C2. The summed E-state index contributed by atoms with van der Waals surface area (Å²) in [5.74, 6) is 1.12. The van der Waals surface area contributed by atoms with Crippen LogP contribution in [0.15, 0.2) is 48.5 Å². The highest BCUT2D eigenvalue weighted by atomic mass is 16.5. The molecule has 4 nitrogen and oxygen atoms in total. The molecule has 3 rings (SSSR count). The van der Waals surface area contributed by atoms with Crippen molar-refractivity contribution in [1.29, 1.82) is 0 Å². The van der Waals surface area contributed by atoms with Crippen molar-refractivity contribution in [2.24, 2.45) is 0 Å². The normalized spacial score (nSPS) is 18.5. The zero-order chi connectivity index (χ0) is 16.8. The largest absolute Gasteiger partial charge is 0.508 e. The van der Waals surface area contributed by atoms with Crippen molar-refractivity contribution in [3.05, 3.63) is 59.7 Å². The Kier molecular flexibility index (Phi) is 5.72. The van der Waals surface area contributed by atoms with E-state index in [4.69, 9.17) is 4.74 Å². The highest BCUT2D eigenvalue weighted by Crippen LogP contribution is 2.24. The van der Waals surface area contributed by atoms with Gasteiger partial charge in [0.15, 0.2) is 0 Å². The number of aliphatic hydroxyl groups excluding tert-OH is 1. The molecule has 24 heavy (non-hydrogen) atoms. The van der Waals surface area contributed by atoms with Crippen LogP contribution in [-0.2, 0) is 12.8 Å². The van der Waals surface area contributed by atoms with Crippen molar-refractivity contribution in [1.82, 2.24) is 5.32 Å². The van der Waals surface area contributed by atoms with E-state index in [0.29, 0.717) is 18.3 Å². The van der Waals surface area contributed by atoms with Gasteiger partial charge in [-0.05, 0) is 61.1 Å². The van der Waals surface area contributed by atoms with E-state index in [1.165, 1.54) is 11.1 Å². The molecule has 0 saturated heterocycles. The molecule has 0 radical (unpaired) electrons. The first-order valence-corrected chi connectivity index (χ1v) is 8.61. The smallest absolute Gasteiger partial charge is 0.119 e. The number of aryl methyl sites for hydroxylation is 1. The summed E-state index contributed by atoms with van der Waals surface area (Å²) in [7, 11) is 0. The summed E-state index contributed by atoms with van der Waals surface area (Å²) < 4.78 is 5.58. The highest BCUT2D eigenvalue weighted by molar-refractivity contribution is 5.36. The molecule has 0 amide bonds. The summed E-state index contributed by atoms with van der Waals surface area (Å²) in [5.41, 5.74) is 2.53. The van der Waals surface area contributed by atoms with Gasteiger partial charge in [-0.15, -0.1) is 0 Å². The highest BCUT2D eigenvalue weighted by Gasteiger charge is 2.18. The van der Waals surface area contributed by atoms with E-state index in [9.17, 15) is 10.2 Å². The second-order valence-corrected chi connectivity index (χ2v) is 6.43. The Labute approximate surface area is 143 Å². The standard InChI is InChI=1S/C20H25NO3/c22-18-10-9-16-11-17(6-4-5-15(16)12-18)21-13-19(23)14-24-20-7-2-1-3-8-20/h1-3,7-10,12,17,19,21-23H,4-6,11,13-14H2/t17?,19-/m0/s1. The molecule has 0 aliphatic heterocycles. The fraction of sp³-hybridized carbons (Fsp3) is 0.400. The van der Waals surface area contributed by atoms with E-state index in [0.717, 1.165) is 31.4 Å². The van der Waals surface area contributed by atoms with Crippen molar-refractivity contribution < 1.29 is 14.9 Å². The molecule has 0 aromatic heterocycles. The van der Waals surface area contributed by atoms with Crippen molar-refractivity contribution >= 4 is 0 Å². The van der Waals surface area contributed by atoms with E-state index >= 15 is 0 Å². The van der Waals surface area contributed by atoms with E-state index < -0.39 is 6.10 Å². The summed E-state index contributed by atoms with van der Waals surface area (Å²) in [6.45, 7) is 0.805. The second-order valence-electron chi connectivity index (χ2n) is 6.43. The molecular weight excluding hydrogens is 302 g/mol. The predicted molar refractivity (Wildman–Crippen MR) is 94.5 cm³/mol. The molecule has 2 aromatic rings. The quantitative estimate of drug-likeness (QED) is 0.714. The van der Waals surface area contributed by atoms with Crippen molar-refractivity contribution in [3.8, 4) is 11.5 Å². The van der Waals surface area contributed by atoms with Gasteiger partial charge in [0.2, 0.25) is 0 Å². The van der Waals surface area contributed by atoms with Gasteiger partial charge in [0.1, 0.15) is 24.2 Å². The third kappa shape index (κ3) is 4.73. The first-order valence-electron chi connectivity index (χ1n) is 8.61. The van der Waals surface area contributed by atoms with Gasteiger partial charge in [0.05, 0.1) is 0 Å². The molecule has 2 aromatic carbocycles. The van der Waals surface area contributed by atoms with Crippen LogP contribution in [0.25, 0.3) is 0 Å². The van der Waals surface area contributed by atoms with Crippen LogP contribution in [0.5, 0.6) is 11.5 Å². The third-order valence-electron chi connectivity index (χ3n) is 4.48. The minimum atomic E-state index is -0.534. The van der Waals surface area contributed by atoms with Crippen LogP contribution in [0.2, 0.25) is 0 Å². The van der Waals surface area contributed by atoms with Gasteiger partial charge >= 0.3 is 0 Å². The summed E-state index contributed by atoms with van der Waals surface area (Å²) in [4.78, 5) is 0. The number of rotatable bonds is 6. The number of aromatic hydroxyl groups is 1. The lowest BCUT2D eigenvalue weighted by atomic mass is 10.0. The number of phenols is 1. The second kappa shape index (κ2) is 8.18. The number of benzene rings is 2. The number of aliphatic hydroxyl groups is 1. The maximum atomic E-state index is 10.1. The van der Waals surface area contributed by atoms with Gasteiger partial charge in [-0.1, -0.05) is 24.3 Å². The summed E-state index contributed by atoms with van der Waals surface area (Å²) in [6, 6.07) is 15.5. The van der Waals surface area contributed by atoms with Crippen LogP contribution in [0.3, 0.4) is 0 Å². The van der Waals surface area contributed by atoms with Gasteiger partial charge in [-0.25, -0.2) is 0 Å². The van der Waals surface area contributed by atoms with Crippen LogP contribution >= 0.6 is 0 Å². The third-order valence-corrected chi connectivity index (χ3v) is 4.48. The number of ether oxygens (including phenoxy) is 1. The van der Waals surface area contributed by atoms with Gasteiger partial charge in [-0.3, -0.25) is 0 Å². The molecule has 128 valence electrons. The molecule has 1 aliphatic carbocycles. The molecule has 0 saturated carbocycles. The fourth-order valence-corrected chi connectivity index (χ4v) is 3.20. The molecular formula is C20H25NO3. The van der Waals surface area contributed by atoms with Crippen molar-refractivity contribution in [3.63, 3.8) is 0 Å². The number of nitrogens with one attached hydrogen (secondary N) is 1.